The highest BCUT2D eigenvalue weighted by Gasteiger charge is 2.33. The molecule has 2 aliphatic rings. The fourth-order valence-electron chi connectivity index (χ4n) is 4.61. The Hall–Kier alpha value is -2.67. The van der Waals surface area contributed by atoms with E-state index in [4.69, 9.17) is 0 Å². The molecule has 2 aromatic rings. The van der Waals surface area contributed by atoms with Gasteiger partial charge in [-0.15, -0.1) is 0 Å². The number of carbonyl (C=O) groups is 2. The Morgan fingerprint density at radius 1 is 1.13 bits per heavy atom. The van der Waals surface area contributed by atoms with Gasteiger partial charge in [0.25, 0.3) is 5.91 Å². The van der Waals surface area contributed by atoms with Gasteiger partial charge in [0.2, 0.25) is 5.91 Å². The van der Waals surface area contributed by atoms with Crippen molar-refractivity contribution in [3.05, 3.63) is 53.3 Å². The molecule has 30 heavy (non-hydrogen) atoms. The van der Waals surface area contributed by atoms with E-state index in [0.29, 0.717) is 18.3 Å². The number of H-pyrrole nitrogens is 1. The lowest BCUT2D eigenvalue weighted by Crippen LogP contribution is -2.51. The van der Waals surface area contributed by atoms with Crippen molar-refractivity contribution < 1.29 is 9.59 Å². The van der Waals surface area contributed by atoms with Gasteiger partial charge in [0.05, 0.1) is 5.92 Å². The molecule has 2 aliphatic heterocycles. The van der Waals surface area contributed by atoms with Crippen LogP contribution in [0.5, 0.6) is 0 Å². The zero-order valence-corrected chi connectivity index (χ0v) is 17.6. The number of nitrogens with zero attached hydrogens (tertiary/aromatic N) is 3. The zero-order valence-electron chi connectivity index (χ0n) is 17.6. The van der Waals surface area contributed by atoms with Crippen molar-refractivity contribution in [2.24, 2.45) is 5.92 Å². The predicted molar refractivity (Wildman–Crippen MR) is 115 cm³/mol. The topological polar surface area (TPSA) is 81.3 Å². The second-order valence-electron chi connectivity index (χ2n) is 8.50. The van der Waals surface area contributed by atoms with Crippen LogP contribution in [0.25, 0.3) is 0 Å². The molecular weight excluding hydrogens is 378 g/mol. The highest BCUT2D eigenvalue weighted by atomic mass is 16.2. The van der Waals surface area contributed by atoms with E-state index in [9.17, 15) is 9.59 Å². The van der Waals surface area contributed by atoms with Crippen LogP contribution in [0.2, 0.25) is 0 Å². The van der Waals surface area contributed by atoms with Crippen molar-refractivity contribution in [2.45, 2.75) is 45.2 Å². The smallest absolute Gasteiger partial charge is 0.274 e. The van der Waals surface area contributed by atoms with E-state index in [1.54, 1.807) is 6.07 Å². The SMILES string of the molecule is Cc1cc(C(=O)N2CCC(N3CCCC(C(=O)NCc4ccccc4)C3)CC2)n[nH]1. The molecule has 2 N–H and O–H groups in total. The Kier molecular flexibility index (Phi) is 6.47. The Labute approximate surface area is 177 Å². The van der Waals surface area contributed by atoms with Gasteiger partial charge in [-0.25, -0.2) is 0 Å². The van der Waals surface area contributed by atoms with Crippen molar-refractivity contribution in [1.29, 1.82) is 0 Å². The predicted octanol–water partition coefficient (Wildman–Crippen LogP) is 2.35. The third-order valence-corrected chi connectivity index (χ3v) is 6.33. The summed E-state index contributed by atoms with van der Waals surface area (Å²) in [6, 6.07) is 12.3. The van der Waals surface area contributed by atoms with E-state index in [1.165, 1.54) is 0 Å². The summed E-state index contributed by atoms with van der Waals surface area (Å²) >= 11 is 0. The third kappa shape index (κ3) is 4.90. The fraction of sp³-hybridized carbons (Fsp3) is 0.522. The van der Waals surface area contributed by atoms with Crippen LogP contribution in [0.1, 0.15) is 47.4 Å². The molecule has 1 unspecified atom stereocenters. The molecule has 1 aromatic carbocycles. The summed E-state index contributed by atoms with van der Waals surface area (Å²) in [5.74, 6) is 0.217. The zero-order chi connectivity index (χ0) is 20.9. The van der Waals surface area contributed by atoms with Crippen LogP contribution in [0, 0.1) is 12.8 Å². The largest absolute Gasteiger partial charge is 0.352 e. The summed E-state index contributed by atoms with van der Waals surface area (Å²) in [6.45, 7) is 5.84. The van der Waals surface area contributed by atoms with Crippen molar-refractivity contribution in [1.82, 2.24) is 25.3 Å². The minimum Gasteiger partial charge on any atom is -0.352 e. The minimum absolute atomic E-state index is 0.00890. The number of likely N-dealkylation sites (tertiary alicyclic amines) is 2. The summed E-state index contributed by atoms with van der Waals surface area (Å²) in [7, 11) is 0. The first-order chi connectivity index (χ1) is 14.6. The second-order valence-corrected chi connectivity index (χ2v) is 8.50. The second kappa shape index (κ2) is 9.43. The molecule has 2 saturated heterocycles. The Morgan fingerprint density at radius 3 is 2.60 bits per heavy atom. The molecule has 0 bridgehead atoms. The van der Waals surface area contributed by atoms with E-state index >= 15 is 0 Å². The number of aromatic amines is 1. The molecule has 2 amide bonds. The van der Waals surface area contributed by atoms with E-state index in [0.717, 1.165) is 63.1 Å². The van der Waals surface area contributed by atoms with Gasteiger partial charge in [0, 0.05) is 37.9 Å². The highest BCUT2D eigenvalue weighted by molar-refractivity contribution is 5.92. The molecule has 7 nitrogen and oxygen atoms in total. The molecule has 7 heteroatoms. The van der Waals surface area contributed by atoms with Gasteiger partial charge in [0.15, 0.2) is 0 Å². The summed E-state index contributed by atoms with van der Waals surface area (Å²) in [6.07, 6.45) is 3.91. The lowest BCUT2D eigenvalue weighted by Gasteiger charge is -2.41. The summed E-state index contributed by atoms with van der Waals surface area (Å²) in [5, 5.41) is 10.0. The lowest BCUT2D eigenvalue weighted by molar-refractivity contribution is -0.127. The summed E-state index contributed by atoms with van der Waals surface area (Å²) in [4.78, 5) is 29.7. The third-order valence-electron chi connectivity index (χ3n) is 6.33. The quantitative estimate of drug-likeness (QED) is 0.794. The van der Waals surface area contributed by atoms with Gasteiger partial charge in [-0.1, -0.05) is 30.3 Å². The summed E-state index contributed by atoms with van der Waals surface area (Å²) < 4.78 is 0. The van der Waals surface area contributed by atoms with E-state index in [1.807, 2.05) is 42.2 Å². The van der Waals surface area contributed by atoms with Gasteiger partial charge >= 0.3 is 0 Å². The number of hydrogen-bond acceptors (Lipinski definition) is 4. The standard InChI is InChI=1S/C23H31N5O2/c1-17-14-21(26-25-17)23(30)27-12-9-20(10-13-27)28-11-5-8-19(16-28)22(29)24-15-18-6-3-2-4-7-18/h2-4,6-7,14,19-20H,5,8-13,15-16H2,1H3,(H,24,29)(H,25,26). The molecule has 0 spiro atoms. The van der Waals surface area contributed by atoms with Gasteiger partial charge in [0.1, 0.15) is 5.69 Å². The normalized spacial score (nSPS) is 20.8. The first kappa shape index (κ1) is 20.6. The van der Waals surface area contributed by atoms with Crippen LogP contribution in [-0.2, 0) is 11.3 Å². The van der Waals surface area contributed by atoms with Gasteiger partial charge < -0.3 is 10.2 Å². The molecule has 2 fully saturated rings. The van der Waals surface area contributed by atoms with Crippen LogP contribution in [-0.4, -0.2) is 64.0 Å². The fourth-order valence-corrected chi connectivity index (χ4v) is 4.61. The van der Waals surface area contributed by atoms with Crippen molar-refractivity contribution in [2.75, 3.05) is 26.2 Å². The maximum absolute atomic E-state index is 12.7. The van der Waals surface area contributed by atoms with Gasteiger partial charge in [-0.05, 0) is 50.8 Å². The number of benzene rings is 1. The number of piperidine rings is 2. The maximum atomic E-state index is 12.7. The first-order valence-electron chi connectivity index (χ1n) is 11.0. The summed E-state index contributed by atoms with van der Waals surface area (Å²) in [5.41, 5.74) is 2.53. The average Bonchev–Trinajstić information content (AvgIpc) is 3.24. The molecular formula is C23H31N5O2. The maximum Gasteiger partial charge on any atom is 0.274 e. The van der Waals surface area contributed by atoms with E-state index in [-0.39, 0.29) is 17.7 Å². The number of carbonyl (C=O) groups excluding carboxylic acids is 2. The number of rotatable bonds is 5. The van der Waals surface area contributed by atoms with Gasteiger partial charge in [-0.2, -0.15) is 5.10 Å². The van der Waals surface area contributed by atoms with Crippen molar-refractivity contribution in [3.8, 4) is 0 Å². The molecule has 4 rings (SSSR count). The average molecular weight is 410 g/mol. The molecule has 160 valence electrons. The molecule has 1 aromatic heterocycles. The minimum atomic E-state index is 0.00890. The van der Waals surface area contributed by atoms with Crippen LogP contribution >= 0.6 is 0 Å². The van der Waals surface area contributed by atoms with Gasteiger partial charge in [-0.3, -0.25) is 19.6 Å². The van der Waals surface area contributed by atoms with E-state index < -0.39 is 0 Å². The number of nitrogens with one attached hydrogen (secondary N) is 2. The molecule has 0 saturated carbocycles. The number of aromatic nitrogens is 2. The Morgan fingerprint density at radius 2 is 1.90 bits per heavy atom. The molecule has 0 aliphatic carbocycles. The van der Waals surface area contributed by atoms with E-state index in [2.05, 4.69) is 20.4 Å². The molecule has 3 heterocycles. The lowest BCUT2D eigenvalue weighted by atomic mass is 9.93. The monoisotopic (exact) mass is 409 g/mol. The van der Waals surface area contributed by atoms with Crippen LogP contribution < -0.4 is 5.32 Å². The van der Waals surface area contributed by atoms with Crippen LogP contribution in [0.3, 0.4) is 0 Å². The first-order valence-corrected chi connectivity index (χ1v) is 11.0. The Bertz CT molecular complexity index is 857. The van der Waals surface area contributed by atoms with Crippen LogP contribution in [0.4, 0.5) is 0 Å². The molecule has 1 atom stereocenters. The highest BCUT2D eigenvalue weighted by Crippen LogP contribution is 2.24. The van der Waals surface area contributed by atoms with Crippen molar-refractivity contribution >= 4 is 11.8 Å². The number of amides is 2. The number of hydrogen-bond donors (Lipinski definition) is 2. The number of aryl methyl sites for hydroxylation is 1. The van der Waals surface area contributed by atoms with Crippen LogP contribution in [0.15, 0.2) is 36.4 Å². The molecule has 0 radical (unpaired) electrons. The van der Waals surface area contributed by atoms with Crippen molar-refractivity contribution in [3.63, 3.8) is 0 Å². The Balaban J connectivity index is 1.26.